The van der Waals surface area contributed by atoms with E-state index in [1.807, 2.05) is 4.90 Å². The van der Waals surface area contributed by atoms with Crippen LogP contribution >= 0.6 is 23.2 Å². The van der Waals surface area contributed by atoms with Crippen LogP contribution < -0.4 is 4.90 Å². The molecular formula is C22H23Cl2F3N6O. The predicted molar refractivity (Wildman–Crippen MR) is 122 cm³/mol. The zero-order valence-electron chi connectivity index (χ0n) is 18.1. The monoisotopic (exact) mass is 514 g/mol. The van der Waals surface area contributed by atoms with Crippen molar-refractivity contribution in [3.8, 4) is 0 Å². The lowest BCUT2D eigenvalue weighted by molar-refractivity contribution is -0.140. The number of piperidine rings is 1. The van der Waals surface area contributed by atoms with Gasteiger partial charge in [-0.3, -0.25) is 0 Å². The van der Waals surface area contributed by atoms with Gasteiger partial charge in [-0.05, 0) is 48.8 Å². The molecule has 2 fully saturated rings. The first-order valence-electron chi connectivity index (χ1n) is 11.1. The van der Waals surface area contributed by atoms with E-state index in [4.69, 9.17) is 23.2 Å². The maximum atomic E-state index is 13.6. The molecule has 7 nitrogen and oxygen atoms in total. The number of nitrogens with zero attached hydrogens (tertiary/aromatic N) is 6. The van der Waals surface area contributed by atoms with Crippen molar-refractivity contribution in [1.82, 2.24) is 24.8 Å². The highest BCUT2D eigenvalue weighted by Crippen LogP contribution is 2.36. The van der Waals surface area contributed by atoms with Gasteiger partial charge in [-0.15, -0.1) is 0 Å². The lowest BCUT2D eigenvalue weighted by atomic mass is 9.81. The van der Waals surface area contributed by atoms with Crippen molar-refractivity contribution in [2.24, 2.45) is 11.8 Å². The van der Waals surface area contributed by atoms with Gasteiger partial charge in [-0.25, -0.2) is 14.6 Å². The molecule has 1 aromatic carbocycles. The van der Waals surface area contributed by atoms with Crippen molar-refractivity contribution in [3.05, 3.63) is 45.7 Å². The molecule has 0 aliphatic carbocycles. The van der Waals surface area contributed by atoms with Gasteiger partial charge in [0.25, 0.3) is 0 Å². The second kappa shape index (κ2) is 9.14. The van der Waals surface area contributed by atoms with Crippen molar-refractivity contribution < 1.29 is 18.4 Å². The summed E-state index contributed by atoms with van der Waals surface area (Å²) in [4.78, 5) is 10.6. The smallest absolute Gasteiger partial charge is 0.355 e. The lowest BCUT2D eigenvalue weighted by Gasteiger charge is -2.46. The summed E-state index contributed by atoms with van der Waals surface area (Å²) in [5.41, 5.74) is -0.463. The first-order chi connectivity index (χ1) is 16.2. The van der Waals surface area contributed by atoms with E-state index in [0.29, 0.717) is 47.2 Å². The highest BCUT2D eigenvalue weighted by Gasteiger charge is 2.40. The highest BCUT2D eigenvalue weighted by molar-refractivity contribution is 6.35. The van der Waals surface area contributed by atoms with Crippen LogP contribution in [0, 0.1) is 11.8 Å². The molecule has 0 bridgehead atoms. The molecule has 1 N–H and O–H groups in total. The normalized spacial score (nSPS) is 20.2. The van der Waals surface area contributed by atoms with Crippen LogP contribution in [0.5, 0.6) is 0 Å². The van der Waals surface area contributed by atoms with Crippen molar-refractivity contribution in [3.63, 3.8) is 0 Å². The van der Waals surface area contributed by atoms with E-state index in [1.54, 1.807) is 18.2 Å². The number of hydrogen-bond acceptors (Lipinski definition) is 6. The molecule has 4 heterocycles. The van der Waals surface area contributed by atoms with Gasteiger partial charge in [0, 0.05) is 42.8 Å². The summed E-state index contributed by atoms with van der Waals surface area (Å²) in [6.45, 7) is 2.97. The average Bonchev–Trinajstić information content (AvgIpc) is 3.11. The van der Waals surface area contributed by atoms with Crippen LogP contribution in [-0.2, 0) is 19.1 Å². The van der Waals surface area contributed by atoms with Gasteiger partial charge in [-0.1, -0.05) is 29.3 Å². The second-order valence-electron chi connectivity index (χ2n) is 8.94. The summed E-state index contributed by atoms with van der Waals surface area (Å²) in [6.07, 6.45) is -0.872. The van der Waals surface area contributed by atoms with Gasteiger partial charge in [0.15, 0.2) is 11.3 Å². The van der Waals surface area contributed by atoms with E-state index >= 15 is 0 Å². The Balaban J connectivity index is 1.38. The van der Waals surface area contributed by atoms with Crippen molar-refractivity contribution >= 4 is 40.2 Å². The Labute approximate surface area is 204 Å². The van der Waals surface area contributed by atoms with E-state index < -0.39 is 11.9 Å². The number of aromatic nitrogens is 4. The maximum absolute atomic E-state index is 13.6. The fourth-order valence-electron chi connectivity index (χ4n) is 4.75. The van der Waals surface area contributed by atoms with E-state index in [2.05, 4.69) is 15.1 Å². The second-order valence-corrected chi connectivity index (χ2v) is 9.78. The standard InChI is InChI=1S/C22H23Cl2F3N6O/c23-16-4-3-13(17(24)8-16)5-7-33-21-19(20(30-33)22(25,26)27)28-9-18(29-21)31-10-15(11-31)14-2-1-6-32(34)12-14/h3-4,8-9,14-15,34H,1-2,5-7,10-12H2/t14-/m0/s1. The van der Waals surface area contributed by atoms with Crippen LogP contribution in [0.2, 0.25) is 10.0 Å². The maximum Gasteiger partial charge on any atom is 0.437 e. The first-order valence-corrected chi connectivity index (χ1v) is 11.9. The Bertz CT molecular complexity index is 1200. The quantitative estimate of drug-likeness (QED) is 0.520. The van der Waals surface area contributed by atoms with Crippen LogP contribution in [0.25, 0.3) is 11.2 Å². The van der Waals surface area contributed by atoms with Crippen LogP contribution in [0.15, 0.2) is 24.4 Å². The van der Waals surface area contributed by atoms with E-state index in [0.717, 1.165) is 31.5 Å². The molecule has 0 saturated carbocycles. The minimum absolute atomic E-state index is 0.0950. The molecule has 0 amide bonds. The first kappa shape index (κ1) is 23.6. The Morgan fingerprint density at radius 2 is 1.91 bits per heavy atom. The molecule has 5 rings (SSSR count). The molecule has 34 heavy (non-hydrogen) atoms. The number of halogens is 5. The number of alkyl halides is 3. The van der Waals surface area contributed by atoms with Crippen LogP contribution in [0.3, 0.4) is 0 Å². The molecule has 3 aromatic rings. The average molecular weight is 515 g/mol. The van der Waals surface area contributed by atoms with E-state index in [9.17, 15) is 18.4 Å². The van der Waals surface area contributed by atoms with Gasteiger partial charge in [0.1, 0.15) is 11.3 Å². The Morgan fingerprint density at radius 1 is 1.12 bits per heavy atom. The predicted octanol–water partition coefficient (Wildman–Crippen LogP) is 4.93. The highest BCUT2D eigenvalue weighted by atomic mass is 35.5. The largest absolute Gasteiger partial charge is 0.437 e. The summed E-state index contributed by atoms with van der Waals surface area (Å²) in [7, 11) is 0. The molecule has 0 unspecified atom stereocenters. The molecule has 2 saturated heterocycles. The Morgan fingerprint density at radius 3 is 2.62 bits per heavy atom. The topological polar surface area (TPSA) is 70.3 Å². The summed E-state index contributed by atoms with van der Waals surface area (Å²) in [5, 5.41) is 15.9. The molecule has 0 radical (unpaired) electrons. The molecule has 12 heteroatoms. The Hall–Kier alpha value is -2.14. The number of aryl methyl sites for hydroxylation is 2. The molecule has 0 spiro atoms. The summed E-state index contributed by atoms with van der Waals surface area (Å²) >= 11 is 12.2. The van der Waals surface area contributed by atoms with E-state index in [1.165, 1.54) is 15.9 Å². The fourth-order valence-corrected chi connectivity index (χ4v) is 5.26. The third kappa shape index (κ3) is 4.68. The molecule has 1 atom stereocenters. The van der Waals surface area contributed by atoms with Crippen LogP contribution in [-0.4, -0.2) is 56.2 Å². The number of hydroxylamine groups is 2. The van der Waals surface area contributed by atoms with Crippen LogP contribution in [0.4, 0.5) is 19.0 Å². The third-order valence-electron chi connectivity index (χ3n) is 6.64. The van der Waals surface area contributed by atoms with Crippen LogP contribution in [0.1, 0.15) is 24.1 Å². The number of fused-ring (bicyclic) bond motifs is 1. The van der Waals surface area contributed by atoms with E-state index in [-0.39, 0.29) is 17.7 Å². The molecule has 2 aromatic heterocycles. The number of hydrogen-bond donors (Lipinski definition) is 1. The zero-order valence-corrected chi connectivity index (χ0v) is 19.7. The van der Waals surface area contributed by atoms with Crippen molar-refractivity contribution in [2.75, 3.05) is 31.1 Å². The molecular weight excluding hydrogens is 492 g/mol. The minimum Gasteiger partial charge on any atom is -0.355 e. The minimum atomic E-state index is -4.64. The Kier molecular flexibility index (Phi) is 6.34. The summed E-state index contributed by atoms with van der Waals surface area (Å²) in [5.74, 6) is 1.34. The molecule has 182 valence electrons. The van der Waals surface area contributed by atoms with Gasteiger partial charge in [0.05, 0.1) is 6.20 Å². The lowest BCUT2D eigenvalue weighted by Crippen LogP contribution is -2.53. The third-order valence-corrected chi connectivity index (χ3v) is 7.23. The molecule has 2 aliphatic heterocycles. The summed E-state index contributed by atoms with van der Waals surface area (Å²) < 4.78 is 42.1. The SMILES string of the molecule is ON1CCC[C@H](C2CN(c3cnc4c(C(F)(F)F)nn(CCc5ccc(Cl)cc5Cl)c4n3)C2)C1. The number of benzene rings is 1. The fraction of sp³-hybridized carbons (Fsp3) is 0.500. The van der Waals surface area contributed by atoms with Crippen molar-refractivity contribution in [1.29, 1.82) is 0 Å². The van der Waals surface area contributed by atoms with Crippen molar-refractivity contribution in [2.45, 2.75) is 32.0 Å². The van der Waals surface area contributed by atoms with Gasteiger partial charge in [-0.2, -0.15) is 23.3 Å². The zero-order chi connectivity index (χ0) is 24.0. The number of anilines is 1. The summed E-state index contributed by atoms with van der Waals surface area (Å²) in [6, 6.07) is 5.03. The van der Waals surface area contributed by atoms with Gasteiger partial charge in [0.2, 0.25) is 0 Å². The van der Waals surface area contributed by atoms with Gasteiger partial charge >= 0.3 is 6.18 Å². The van der Waals surface area contributed by atoms with Gasteiger partial charge < -0.3 is 10.1 Å². The molecule has 2 aliphatic rings. The number of rotatable bonds is 5.